The first-order chi connectivity index (χ1) is 21.5. The zero-order valence-electron chi connectivity index (χ0n) is 24.7. The number of nitrogens with zero attached hydrogens (tertiary/aromatic N) is 1. The summed E-state index contributed by atoms with van der Waals surface area (Å²) in [5.74, 6) is 0.640. The fourth-order valence-corrected chi connectivity index (χ4v) is 6.57. The van der Waals surface area contributed by atoms with Crippen LogP contribution in [0, 0.1) is 0 Å². The molecular formula is C36H34Cl2N4O2. The number of ether oxygens (including phenoxy) is 1. The molecule has 1 aliphatic heterocycles. The Hall–Kier alpha value is -3.94. The summed E-state index contributed by atoms with van der Waals surface area (Å²) in [4.78, 5) is 16.3. The molecule has 6 rings (SSSR count). The van der Waals surface area contributed by atoms with E-state index in [9.17, 15) is 4.79 Å². The van der Waals surface area contributed by atoms with Crippen LogP contribution in [0.5, 0.6) is 5.88 Å². The molecule has 1 saturated heterocycles. The van der Waals surface area contributed by atoms with Crippen molar-refractivity contribution in [2.45, 2.75) is 32.0 Å². The summed E-state index contributed by atoms with van der Waals surface area (Å²) in [5.41, 5.74) is 7.36. The molecule has 0 radical (unpaired) electrons. The van der Waals surface area contributed by atoms with Gasteiger partial charge in [0.25, 0.3) is 0 Å². The first kappa shape index (κ1) is 30.1. The van der Waals surface area contributed by atoms with Crippen molar-refractivity contribution in [2.24, 2.45) is 0 Å². The predicted octanol–water partition coefficient (Wildman–Crippen LogP) is 7.64. The minimum atomic E-state index is 0.111. The van der Waals surface area contributed by atoms with Crippen LogP contribution in [-0.2, 0) is 17.9 Å². The predicted molar refractivity (Wildman–Crippen MR) is 180 cm³/mol. The molecule has 0 aliphatic carbocycles. The number of pyridine rings is 1. The summed E-state index contributed by atoms with van der Waals surface area (Å²) in [6.07, 6.45) is 1.44. The molecule has 44 heavy (non-hydrogen) atoms. The van der Waals surface area contributed by atoms with Crippen LogP contribution in [-0.4, -0.2) is 37.6 Å². The zero-order chi connectivity index (χ0) is 30.6. The molecule has 1 fully saturated rings. The minimum Gasteiger partial charge on any atom is -0.481 e. The van der Waals surface area contributed by atoms with Crippen molar-refractivity contribution >= 4 is 39.9 Å². The van der Waals surface area contributed by atoms with Crippen LogP contribution >= 0.6 is 23.2 Å². The fourth-order valence-electron chi connectivity index (χ4n) is 5.91. The molecule has 1 atom stereocenters. The van der Waals surface area contributed by atoms with Crippen molar-refractivity contribution in [3.63, 3.8) is 0 Å². The van der Waals surface area contributed by atoms with Crippen molar-refractivity contribution in [3.8, 4) is 39.4 Å². The lowest BCUT2D eigenvalue weighted by Crippen LogP contribution is -2.35. The van der Waals surface area contributed by atoms with Crippen molar-refractivity contribution in [3.05, 3.63) is 106 Å². The molecule has 224 valence electrons. The Morgan fingerprint density at radius 2 is 1.59 bits per heavy atom. The van der Waals surface area contributed by atoms with Gasteiger partial charge in [-0.1, -0.05) is 96.0 Å². The quantitative estimate of drug-likeness (QED) is 0.149. The number of benzene rings is 4. The number of rotatable bonds is 10. The molecule has 6 nitrogen and oxygen atoms in total. The molecule has 5 aromatic rings. The number of fused-ring (bicyclic) bond motifs is 1. The van der Waals surface area contributed by atoms with Gasteiger partial charge in [-0.05, 0) is 47.5 Å². The zero-order valence-corrected chi connectivity index (χ0v) is 26.2. The van der Waals surface area contributed by atoms with Crippen molar-refractivity contribution in [2.75, 3.05) is 20.7 Å². The van der Waals surface area contributed by atoms with Crippen molar-refractivity contribution in [1.82, 2.24) is 20.9 Å². The van der Waals surface area contributed by atoms with Crippen LogP contribution in [0.1, 0.15) is 24.0 Å². The van der Waals surface area contributed by atoms with Gasteiger partial charge in [0.05, 0.1) is 22.8 Å². The molecule has 8 heteroatoms. The van der Waals surface area contributed by atoms with E-state index in [0.29, 0.717) is 41.1 Å². The summed E-state index contributed by atoms with van der Waals surface area (Å²) in [7, 11) is 3.57. The lowest BCUT2D eigenvalue weighted by atomic mass is 9.95. The molecule has 1 unspecified atom stereocenters. The molecule has 2 heterocycles. The van der Waals surface area contributed by atoms with Gasteiger partial charge in [0.15, 0.2) is 0 Å². The smallest absolute Gasteiger partial charge is 0.220 e. The second-order valence-electron chi connectivity index (χ2n) is 11.0. The molecular weight excluding hydrogens is 591 g/mol. The van der Waals surface area contributed by atoms with Gasteiger partial charge >= 0.3 is 0 Å². The van der Waals surface area contributed by atoms with Gasteiger partial charge in [0.1, 0.15) is 0 Å². The van der Waals surface area contributed by atoms with E-state index >= 15 is 0 Å². The van der Waals surface area contributed by atoms with E-state index < -0.39 is 0 Å². The van der Waals surface area contributed by atoms with E-state index in [1.165, 1.54) is 16.3 Å². The maximum Gasteiger partial charge on any atom is 0.220 e. The van der Waals surface area contributed by atoms with Gasteiger partial charge in [-0.25, -0.2) is 4.98 Å². The van der Waals surface area contributed by atoms with E-state index in [1.807, 2.05) is 55.6 Å². The maximum atomic E-state index is 11.5. The molecule has 4 aromatic carbocycles. The van der Waals surface area contributed by atoms with Crippen molar-refractivity contribution in [1.29, 1.82) is 0 Å². The van der Waals surface area contributed by atoms with Crippen LogP contribution in [0.15, 0.2) is 84.9 Å². The lowest BCUT2D eigenvalue weighted by Gasteiger charge is -2.16. The topological polar surface area (TPSA) is 75.3 Å². The van der Waals surface area contributed by atoms with E-state index in [0.717, 1.165) is 46.3 Å². The number of amides is 1. The van der Waals surface area contributed by atoms with E-state index in [1.54, 1.807) is 7.11 Å². The summed E-state index contributed by atoms with van der Waals surface area (Å²) >= 11 is 14.2. The third-order valence-electron chi connectivity index (χ3n) is 8.14. The number of aromatic nitrogens is 1. The summed E-state index contributed by atoms with van der Waals surface area (Å²) in [5, 5.41) is 13.2. The number of carbonyl (C=O) groups is 1. The summed E-state index contributed by atoms with van der Waals surface area (Å²) < 4.78 is 5.65. The Morgan fingerprint density at radius 3 is 2.32 bits per heavy atom. The Bertz CT molecular complexity index is 1840. The minimum absolute atomic E-state index is 0.111. The highest BCUT2D eigenvalue weighted by Gasteiger charge is 2.21. The normalized spacial score (nSPS) is 14.6. The third kappa shape index (κ3) is 6.17. The lowest BCUT2D eigenvalue weighted by molar-refractivity contribution is -0.119. The van der Waals surface area contributed by atoms with Crippen LogP contribution in [0.3, 0.4) is 0 Å². The van der Waals surface area contributed by atoms with E-state index in [-0.39, 0.29) is 11.9 Å². The average molecular weight is 626 g/mol. The molecule has 1 aromatic heterocycles. The van der Waals surface area contributed by atoms with Crippen LogP contribution in [0.2, 0.25) is 10.0 Å². The standard InChI is InChI=1S/C36H34Cl2N4O2/c1-39-19-24-7-3-6-22-18-23(12-15-27(22)24)28-8-4-9-29(34(28)37)30-10-5-11-31(35(30)38)32-16-13-25(36(42-32)44-2)20-40-21-26-14-17-33(43)41-26/h3-13,15-16,18,26,39-40H,14,17,19-21H2,1-2H3,(H,41,43). The van der Waals surface area contributed by atoms with Gasteiger partial charge < -0.3 is 20.7 Å². The molecule has 0 saturated carbocycles. The molecule has 1 aliphatic rings. The Morgan fingerprint density at radius 1 is 0.864 bits per heavy atom. The SMILES string of the molecule is CNCc1cccc2cc(-c3cccc(-c4cccc(-c5ccc(CNCC6CCC(=O)N6)c(OC)n5)c4Cl)c3Cl)ccc12. The molecule has 0 spiro atoms. The fraction of sp³-hybridized carbons (Fsp3) is 0.222. The highest BCUT2D eigenvalue weighted by atomic mass is 35.5. The Balaban J connectivity index is 1.29. The van der Waals surface area contributed by atoms with Crippen LogP contribution in [0.25, 0.3) is 44.3 Å². The van der Waals surface area contributed by atoms with Crippen LogP contribution < -0.4 is 20.7 Å². The number of nitrogens with one attached hydrogen (secondary N) is 3. The monoisotopic (exact) mass is 624 g/mol. The molecule has 1 amide bonds. The Kier molecular flexibility index (Phi) is 9.14. The average Bonchev–Trinajstić information content (AvgIpc) is 3.46. The first-order valence-corrected chi connectivity index (χ1v) is 15.5. The largest absolute Gasteiger partial charge is 0.481 e. The van der Waals surface area contributed by atoms with Crippen LogP contribution in [0.4, 0.5) is 0 Å². The van der Waals surface area contributed by atoms with Gasteiger partial charge in [0.2, 0.25) is 11.8 Å². The third-order valence-corrected chi connectivity index (χ3v) is 8.95. The van der Waals surface area contributed by atoms with Gasteiger partial charge in [0, 0.05) is 59.9 Å². The van der Waals surface area contributed by atoms with E-state index in [4.69, 9.17) is 32.9 Å². The first-order valence-electron chi connectivity index (χ1n) is 14.7. The highest BCUT2D eigenvalue weighted by Crippen LogP contribution is 2.42. The molecule has 3 N–H and O–H groups in total. The summed E-state index contributed by atoms with van der Waals surface area (Å²) in [6, 6.07) is 28.9. The van der Waals surface area contributed by atoms with Gasteiger partial charge in [-0.2, -0.15) is 0 Å². The van der Waals surface area contributed by atoms with E-state index in [2.05, 4.69) is 52.3 Å². The second-order valence-corrected chi connectivity index (χ2v) is 11.8. The number of halogens is 2. The van der Waals surface area contributed by atoms with Crippen molar-refractivity contribution < 1.29 is 9.53 Å². The summed E-state index contributed by atoms with van der Waals surface area (Å²) in [6.45, 7) is 2.08. The second kappa shape index (κ2) is 13.4. The number of methoxy groups -OCH3 is 1. The van der Waals surface area contributed by atoms with Gasteiger partial charge in [-0.3, -0.25) is 4.79 Å². The maximum absolute atomic E-state index is 11.5. The van der Waals surface area contributed by atoms with Gasteiger partial charge in [-0.15, -0.1) is 0 Å². The number of hydrogen-bond acceptors (Lipinski definition) is 5. The highest BCUT2D eigenvalue weighted by molar-refractivity contribution is 6.39. The molecule has 0 bridgehead atoms. The Labute approximate surface area is 267 Å². The number of carbonyl (C=O) groups excluding carboxylic acids is 1. The number of hydrogen-bond donors (Lipinski definition) is 3.